The molecule has 2 rings (SSSR count). The molecule has 0 radical (unpaired) electrons. The van der Waals surface area contributed by atoms with Gasteiger partial charge in [0.25, 0.3) is 5.91 Å². The maximum atomic E-state index is 12.4. The van der Waals surface area contributed by atoms with Crippen molar-refractivity contribution in [1.29, 1.82) is 0 Å². The van der Waals surface area contributed by atoms with E-state index in [1.807, 2.05) is 0 Å². The molecular weight excluding hydrogens is 337 g/mol. The summed E-state index contributed by atoms with van der Waals surface area (Å²) in [6.45, 7) is 6.46. The number of aromatic nitrogens is 2. The fraction of sp³-hybridized carbons (Fsp3) is 0.750. The van der Waals surface area contributed by atoms with Crippen LogP contribution in [0.3, 0.4) is 0 Å². The standard InChI is InChI=1S/C16H25F3N4O2/c1-12(2)7-14(22-3-5-25-6-4-22)9-20-15(24)13-8-21-23(10-13)11-16(17,18)19/h8,10,12,14H,3-7,9,11H2,1-2H3,(H,20,24)/t14-/m1/s1. The summed E-state index contributed by atoms with van der Waals surface area (Å²) in [5, 5.41) is 6.42. The van der Waals surface area contributed by atoms with Crippen molar-refractivity contribution in [2.75, 3.05) is 32.8 Å². The first kappa shape index (κ1) is 19.7. The molecule has 2 heterocycles. The summed E-state index contributed by atoms with van der Waals surface area (Å²) in [5.41, 5.74) is 0.134. The summed E-state index contributed by atoms with van der Waals surface area (Å²) in [5.74, 6) is 0.0646. The van der Waals surface area contributed by atoms with E-state index in [1.165, 1.54) is 0 Å². The molecule has 1 aliphatic rings. The van der Waals surface area contributed by atoms with E-state index < -0.39 is 18.6 Å². The van der Waals surface area contributed by atoms with Crippen LogP contribution in [0.5, 0.6) is 0 Å². The van der Waals surface area contributed by atoms with E-state index in [0.717, 1.165) is 36.6 Å². The van der Waals surface area contributed by atoms with Gasteiger partial charge in [-0.2, -0.15) is 18.3 Å². The van der Waals surface area contributed by atoms with E-state index in [9.17, 15) is 18.0 Å². The normalized spacial score (nSPS) is 17.7. The molecule has 1 fully saturated rings. The third kappa shape index (κ3) is 6.66. The van der Waals surface area contributed by atoms with Gasteiger partial charge in [0.05, 0.1) is 25.0 Å². The largest absolute Gasteiger partial charge is 0.408 e. The highest BCUT2D eigenvalue weighted by Gasteiger charge is 2.29. The first-order valence-electron chi connectivity index (χ1n) is 8.44. The van der Waals surface area contributed by atoms with Gasteiger partial charge in [-0.05, 0) is 12.3 Å². The van der Waals surface area contributed by atoms with Crippen molar-refractivity contribution in [3.05, 3.63) is 18.0 Å². The van der Waals surface area contributed by atoms with Crippen molar-refractivity contribution in [2.45, 2.75) is 39.0 Å². The number of alkyl halides is 3. The van der Waals surface area contributed by atoms with E-state index in [4.69, 9.17) is 4.74 Å². The SMILES string of the molecule is CC(C)C[C@H](CNC(=O)c1cnn(CC(F)(F)F)c1)N1CCOCC1. The minimum atomic E-state index is -4.36. The molecule has 6 nitrogen and oxygen atoms in total. The van der Waals surface area contributed by atoms with Crippen molar-refractivity contribution in [1.82, 2.24) is 20.0 Å². The third-order valence-corrected chi connectivity index (χ3v) is 4.04. The summed E-state index contributed by atoms with van der Waals surface area (Å²) in [7, 11) is 0. The fourth-order valence-corrected chi connectivity index (χ4v) is 2.91. The molecule has 0 unspecified atom stereocenters. The molecule has 0 saturated carbocycles. The smallest absolute Gasteiger partial charge is 0.379 e. The number of hydrogen-bond acceptors (Lipinski definition) is 4. The molecular formula is C16H25F3N4O2. The summed E-state index contributed by atoms with van der Waals surface area (Å²) in [4.78, 5) is 14.5. The topological polar surface area (TPSA) is 59.4 Å². The summed E-state index contributed by atoms with van der Waals surface area (Å²) >= 11 is 0. The van der Waals surface area contributed by atoms with Gasteiger partial charge in [0.15, 0.2) is 0 Å². The zero-order valence-electron chi connectivity index (χ0n) is 14.6. The van der Waals surface area contributed by atoms with Gasteiger partial charge in [0, 0.05) is 31.9 Å². The van der Waals surface area contributed by atoms with Gasteiger partial charge < -0.3 is 10.1 Å². The van der Waals surface area contributed by atoms with Crippen molar-refractivity contribution in [2.24, 2.45) is 5.92 Å². The maximum absolute atomic E-state index is 12.4. The van der Waals surface area contributed by atoms with Crippen LogP contribution in [0.2, 0.25) is 0 Å². The van der Waals surface area contributed by atoms with Crippen LogP contribution in [0, 0.1) is 5.92 Å². The van der Waals surface area contributed by atoms with Crippen molar-refractivity contribution in [3.63, 3.8) is 0 Å². The molecule has 0 bridgehead atoms. The highest BCUT2D eigenvalue weighted by atomic mass is 19.4. The Morgan fingerprint density at radius 2 is 2.04 bits per heavy atom. The number of morpholine rings is 1. The lowest BCUT2D eigenvalue weighted by atomic mass is 10.0. The second-order valence-corrected chi connectivity index (χ2v) is 6.68. The van der Waals surface area contributed by atoms with Gasteiger partial charge in [-0.1, -0.05) is 13.8 Å². The molecule has 0 spiro atoms. The van der Waals surface area contributed by atoms with Crippen LogP contribution in [0.1, 0.15) is 30.6 Å². The zero-order chi connectivity index (χ0) is 18.4. The molecule has 0 aliphatic carbocycles. The van der Waals surface area contributed by atoms with Gasteiger partial charge in [0.1, 0.15) is 6.54 Å². The van der Waals surface area contributed by atoms with Crippen LogP contribution in [0.15, 0.2) is 12.4 Å². The highest BCUT2D eigenvalue weighted by molar-refractivity contribution is 5.93. The Hall–Kier alpha value is -1.61. The summed E-state index contributed by atoms with van der Waals surface area (Å²) in [6.07, 6.45) is -1.16. The molecule has 142 valence electrons. The maximum Gasteiger partial charge on any atom is 0.408 e. The lowest BCUT2D eigenvalue weighted by Gasteiger charge is -2.35. The molecule has 1 aliphatic heterocycles. The molecule has 25 heavy (non-hydrogen) atoms. The first-order chi connectivity index (χ1) is 11.7. The predicted molar refractivity (Wildman–Crippen MR) is 86.3 cm³/mol. The number of hydrogen-bond donors (Lipinski definition) is 1. The Kier molecular flexibility index (Phi) is 6.83. The average Bonchev–Trinajstić information content (AvgIpc) is 2.98. The van der Waals surface area contributed by atoms with E-state index in [-0.39, 0.29) is 11.6 Å². The van der Waals surface area contributed by atoms with E-state index in [1.54, 1.807) is 0 Å². The summed E-state index contributed by atoms with van der Waals surface area (Å²) < 4.78 is 43.2. The minimum Gasteiger partial charge on any atom is -0.379 e. The minimum absolute atomic E-state index is 0.134. The molecule has 1 aromatic heterocycles. The van der Waals surface area contributed by atoms with Crippen LogP contribution in [0.4, 0.5) is 13.2 Å². The summed E-state index contributed by atoms with van der Waals surface area (Å²) in [6, 6.07) is 0.179. The van der Waals surface area contributed by atoms with Crippen molar-refractivity contribution in [3.8, 4) is 0 Å². The van der Waals surface area contributed by atoms with Gasteiger partial charge in [-0.15, -0.1) is 0 Å². The molecule has 0 aromatic carbocycles. The van der Waals surface area contributed by atoms with Crippen LogP contribution in [-0.4, -0.2) is 65.7 Å². The highest BCUT2D eigenvalue weighted by Crippen LogP contribution is 2.17. The molecule has 1 N–H and O–H groups in total. The Balaban J connectivity index is 1.91. The van der Waals surface area contributed by atoms with Gasteiger partial charge in [-0.25, -0.2) is 0 Å². The number of nitrogens with zero attached hydrogens (tertiary/aromatic N) is 3. The lowest BCUT2D eigenvalue weighted by molar-refractivity contribution is -0.142. The number of carbonyl (C=O) groups is 1. The number of halogens is 3. The molecule has 1 aromatic rings. The van der Waals surface area contributed by atoms with Crippen LogP contribution >= 0.6 is 0 Å². The van der Waals surface area contributed by atoms with Crippen LogP contribution < -0.4 is 5.32 Å². The lowest BCUT2D eigenvalue weighted by Crippen LogP contribution is -2.49. The monoisotopic (exact) mass is 362 g/mol. The molecule has 9 heteroatoms. The molecule has 1 saturated heterocycles. The Morgan fingerprint density at radius 1 is 1.36 bits per heavy atom. The zero-order valence-corrected chi connectivity index (χ0v) is 14.6. The van der Waals surface area contributed by atoms with E-state index in [0.29, 0.717) is 25.7 Å². The second kappa shape index (κ2) is 8.66. The molecule has 1 atom stereocenters. The number of ether oxygens (including phenoxy) is 1. The number of nitrogens with one attached hydrogen (secondary N) is 1. The van der Waals surface area contributed by atoms with Gasteiger partial charge in [0.2, 0.25) is 0 Å². The third-order valence-electron chi connectivity index (χ3n) is 4.04. The average molecular weight is 362 g/mol. The number of carbonyl (C=O) groups excluding carboxylic acids is 1. The Labute approximate surface area is 145 Å². The number of rotatable bonds is 7. The van der Waals surface area contributed by atoms with Gasteiger partial charge >= 0.3 is 6.18 Å². The van der Waals surface area contributed by atoms with E-state index >= 15 is 0 Å². The van der Waals surface area contributed by atoms with Crippen molar-refractivity contribution >= 4 is 5.91 Å². The Morgan fingerprint density at radius 3 is 2.64 bits per heavy atom. The van der Waals surface area contributed by atoms with Gasteiger partial charge in [-0.3, -0.25) is 14.4 Å². The Bertz CT molecular complexity index is 554. The quantitative estimate of drug-likeness (QED) is 0.805. The number of amides is 1. The second-order valence-electron chi connectivity index (χ2n) is 6.68. The van der Waals surface area contributed by atoms with Crippen LogP contribution in [0.25, 0.3) is 0 Å². The van der Waals surface area contributed by atoms with E-state index in [2.05, 4.69) is 29.2 Å². The first-order valence-corrected chi connectivity index (χ1v) is 8.44. The van der Waals surface area contributed by atoms with Crippen molar-refractivity contribution < 1.29 is 22.7 Å². The molecule has 1 amide bonds. The fourth-order valence-electron chi connectivity index (χ4n) is 2.91. The van der Waals surface area contributed by atoms with Crippen LogP contribution in [-0.2, 0) is 11.3 Å². The predicted octanol–water partition coefficient (Wildman–Crippen LogP) is 1.92.